The third-order valence-corrected chi connectivity index (χ3v) is 8.14. The van der Waals surface area contributed by atoms with E-state index in [1.807, 2.05) is 0 Å². The van der Waals surface area contributed by atoms with Crippen molar-refractivity contribution < 1.29 is 27.2 Å². The van der Waals surface area contributed by atoms with Crippen molar-refractivity contribution in [1.82, 2.24) is 24.7 Å². The lowest BCUT2D eigenvalue weighted by Crippen LogP contribution is -2.39. The second-order valence-electron chi connectivity index (χ2n) is 7.53. The number of hydrogen-bond donors (Lipinski definition) is 1. The molecule has 0 aliphatic carbocycles. The molecule has 1 aromatic carbocycles. The van der Waals surface area contributed by atoms with Crippen LogP contribution in [0.5, 0.6) is 0 Å². The van der Waals surface area contributed by atoms with Gasteiger partial charge in [-0.25, -0.2) is 27.6 Å². The van der Waals surface area contributed by atoms with Crippen molar-refractivity contribution in [3.63, 3.8) is 0 Å². The summed E-state index contributed by atoms with van der Waals surface area (Å²) < 4.78 is 50.1. The molecule has 2 fully saturated rings. The highest BCUT2D eigenvalue weighted by atomic mass is 79.9. The van der Waals surface area contributed by atoms with Gasteiger partial charge in [-0.05, 0) is 63.7 Å². The second-order valence-corrected chi connectivity index (χ2v) is 10.4. The average molecular weight is 545 g/mol. The molecule has 12 nitrogen and oxygen atoms in total. The molecule has 0 saturated carbocycles. The molecule has 2 saturated heterocycles. The summed E-state index contributed by atoms with van der Waals surface area (Å²) >= 11 is 3.10. The summed E-state index contributed by atoms with van der Waals surface area (Å²) in [6, 6.07) is 4.01. The van der Waals surface area contributed by atoms with Crippen molar-refractivity contribution in [3.05, 3.63) is 39.0 Å². The molecular weight excluding hydrogens is 526 g/mol. The van der Waals surface area contributed by atoms with Gasteiger partial charge in [0.25, 0.3) is 0 Å². The first kappa shape index (κ1) is 22.4. The van der Waals surface area contributed by atoms with Gasteiger partial charge in [0.1, 0.15) is 5.82 Å². The Bertz CT molecular complexity index is 1250. The molecule has 0 bridgehead atoms. The maximum absolute atomic E-state index is 13.7. The monoisotopic (exact) mass is 544 g/mol. The summed E-state index contributed by atoms with van der Waals surface area (Å²) in [6.07, 6.45) is 2.00. The largest absolute Gasteiger partial charge is 0.446 e. The normalized spacial score (nSPS) is 19.6. The Hall–Kier alpha value is -2.38. The lowest BCUT2D eigenvalue weighted by molar-refractivity contribution is 0.102. The van der Waals surface area contributed by atoms with Gasteiger partial charge >= 0.3 is 13.5 Å². The zero-order valence-corrected chi connectivity index (χ0v) is 19.6. The molecule has 0 amide bonds. The van der Waals surface area contributed by atoms with E-state index in [2.05, 4.69) is 36.7 Å². The molecule has 2 aromatic heterocycles. The molecule has 33 heavy (non-hydrogen) atoms. The Morgan fingerprint density at radius 3 is 2.64 bits per heavy atom. The first-order chi connectivity index (χ1) is 15.9. The fourth-order valence-electron chi connectivity index (χ4n) is 3.75. The van der Waals surface area contributed by atoms with E-state index in [-0.39, 0.29) is 27.9 Å². The van der Waals surface area contributed by atoms with Crippen LogP contribution in [0.2, 0.25) is 0 Å². The van der Waals surface area contributed by atoms with E-state index in [1.165, 1.54) is 18.2 Å². The maximum Gasteiger partial charge on any atom is 0.446 e. The molecule has 2 aliphatic heterocycles. The molecule has 5 rings (SSSR count). The predicted molar refractivity (Wildman–Crippen MR) is 115 cm³/mol. The highest BCUT2D eigenvalue weighted by molar-refractivity contribution is 9.10. The first-order valence-corrected chi connectivity index (χ1v) is 12.5. The van der Waals surface area contributed by atoms with Crippen LogP contribution in [0.4, 0.5) is 10.2 Å². The van der Waals surface area contributed by atoms with Crippen molar-refractivity contribution >= 4 is 29.5 Å². The van der Waals surface area contributed by atoms with E-state index in [0.29, 0.717) is 44.8 Å². The summed E-state index contributed by atoms with van der Waals surface area (Å²) in [5, 5.41) is 14.8. The summed E-state index contributed by atoms with van der Waals surface area (Å²) in [4.78, 5) is 12.3. The fourth-order valence-corrected chi connectivity index (χ4v) is 5.96. The molecule has 0 radical (unpaired) electrons. The number of anilines is 1. The van der Waals surface area contributed by atoms with Crippen molar-refractivity contribution in [3.8, 4) is 17.2 Å². The highest BCUT2D eigenvalue weighted by Gasteiger charge is 2.38. The molecule has 2 aliphatic rings. The summed E-state index contributed by atoms with van der Waals surface area (Å²) in [5.41, 5.74) is 0.486. The van der Waals surface area contributed by atoms with Crippen LogP contribution in [-0.4, -0.2) is 57.1 Å². The molecule has 0 atom stereocenters. The predicted octanol–water partition coefficient (Wildman–Crippen LogP) is 3.20. The van der Waals surface area contributed by atoms with Crippen LogP contribution in [0.1, 0.15) is 19.3 Å². The third kappa shape index (κ3) is 4.41. The van der Waals surface area contributed by atoms with Crippen LogP contribution in [0, 0.1) is 5.82 Å². The standard InChI is InChI=1S/C18H19BrFN6O6P/c19-13-10-12(2-3-14(13)20)26-17(24-31-18(26)27)15-16(23-32-22-15)21-11-4-6-25(7-5-11)33(28)29-8-1-9-30-33/h2-3,10-11H,1,4-9H2,(H,21,23). The Labute approximate surface area is 194 Å². The van der Waals surface area contributed by atoms with Gasteiger partial charge in [0, 0.05) is 19.1 Å². The van der Waals surface area contributed by atoms with Crippen LogP contribution in [0.3, 0.4) is 0 Å². The van der Waals surface area contributed by atoms with Gasteiger partial charge in [-0.2, -0.15) is 0 Å². The Kier molecular flexibility index (Phi) is 6.18. The van der Waals surface area contributed by atoms with Gasteiger partial charge in [0.2, 0.25) is 11.6 Å². The van der Waals surface area contributed by atoms with Gasteiger partial charge in [-0.3, -0.25) is 13.6 Å². The van der Waals surface area contributed by atoms with Crippen LogP contribution in [0.25, 0.3) is 17.2 Å². The molecule has 0 spiro atoms. The third-order valence-electron chi connectivity index (χ3n) is 5.42. The highest BCUT2D eigenvalue weighted by Crippen LogP contribution is 2.54. The van der Waals surface area contributed by atoms with Gasteiger partial charge in [-0.15, -0.1) is 0 Å². The van der Waals surface area contributed by atoms with Gasteiger partial charge in [-0.1, -0.05) is 5.16 Å². The molecule has 4 heterocycles. The number of benzene rings is 1. The topological polar surface area (TPSA) is 138 Å². The number of rotatable bonds is 5. The van der Waals surface area contributed by atoms with Crippen LogP contribution in [-0.2, 0) is 13.6 Å². The lowest BCUT2D eigenvalue weighted by atomic mass is 10.1. The summed E-state index contributed by atoms with van der Waals surface area (Å²) in [6.45, 7) is 1.86. The molecule has 0 unspecified atom stereocenters. The van der Waals surface area contributed by atoms with E-state index in [0.717, 1.165) is 11.0 Å². The van der Waals surface area contributed by atoms with Gasteiger partial charge in [0.05, 0.1) is 23.4 Å². The minimum Gasteiger partial charge on any atom is -0.362 e. The van der Waals surface area contributed by atoms with Crippen molar-refractivity contribution in [1.29, 1.82) is 0 Å². The van der Waals surface area contributed by atoms with E-state index in [1.54, 1.807) is 4.67 Å². The van der Waals surface area contributed by atoms with E-state index in [4.69, 9.17) is 18.2 Å². The summed E-state index contributed by atoms with van der Waals surface area (Å²) in [7, 11) is -3.22. The SMILES string of the molecule is O=c1onc(-c2nonc2NC2CCN(P3(=O)OCCCO3)CC2)n1-c1ccc(F)c(Br)c1. The van der Waals surface area contributed by atoms with Crippen molar-refractivity contribution in [2.75, 3.05) is 31.6 Å². The van der Waals surface area contributed by atoms with Crippen LogP contribution < -0.4 is 11.1 Å². The first-order valence-electron chi connectivity index (χ1n) is 10.2. The Morgan fingerprint density at radius 1 is 1.15 bits per heavy atom. The van der Waals surface area contributed by atoms with Crippen molar-refractivity contribution in [2.24, 2.45) is 0 Å². The fraction of sp³-hybridized carbons (Fsp3) is 0.444. The molecule has 1 N–H and O–H groups in total. The van der Waals surface area contributed by atoms with Gasteiger partial charge < -0.3 is 5.32 Å². The van der Waals surface area contributed by atoms with Crippen molar-refractivity contribution in [2.45, 2.75) is 25.3 Å². The van der Waals surface area contributed by atoms with E-state index < -0.39 is 19.3 Å². The number of halogens is 2. The molecule has 176 valence electrons. The van der Waals surface area contributed by atoms with E-state index in [9.17, 15) is 13.8 Å². The minimum absolute atomic E-state index is 0.0321. The van der Waals surface area contributed by atoms with Gasteiger partial charge in [0.15, 0.2) is 5.69 Å². The molecule has 3 aromatic rings. The number of nitrogens with zero attached hydrogens (tertiary/aromatic N) is 5. The zero-order valence-electron chi connectivity index (χ0n) is 17.1. The lowest BCUT2D eigenvalue weighted by Gasteiger charge is -2.37. The zero-order chi connectivity index (χ0) is 23.0. The smallest absolute Gasteiger partial charge is 0.362 e. The Morgan fingerprint density at radius 2 is 1.91 bits per heavy atom. The number of hydrogen-bond acceptors (Lipinski definition) is 10. The quantitative estimate of drug-likeness (QED) is 0.473. The average Bonchev–Trinajstić information content (AvgIpc) is 3.42. The molecule has 15 heteroatoms. The van der Waals surface area contributed by atoms with Crippen LogP contribution in [0.15, 0.2) is 36.6 Å². The van der Waals surface area contributed by atoms with E-state index >= 15 is 0 Å². The Balaban J connectivity index is 1.34. The van der Waals surface area contributed by atoms with Crippen LogP contribution >= 0.6 is 23.7 Å². The number of aromatic nitrogens is 4. The number of piperidine rings is 1. The second kappa shape index (κ2) is 9.11. The number of nitrogens with one attached hydrogen (secondary N) is 1. The summed E-state index contributed by atoms with van der Waals surface area (Å²) in [5.74, 6) is -0.933. The molecular formula is C18H19BrFN6O6P. The minimum atomic E-state index is -3.22. The maximum atomic E-state index is 13.7.